The molecule has 0 N–H and O–H groups in total. The number of carbonyl (C=O) groups is 3. The minimum absolute atomic E-state index is 0.0580. The lowest BCUT2D eigenvalue weighted by Crippen LogP contribution is -2.39. The topological polar surface area (TPSA) is 85.9 Å². The monoisotopic (exact) mass is 662 g/mol. The second-order valence-electron chi connectivity index (χ2n) is 12.6. The summed E-state index contributed by atoms with van der Waals surface area (Å²) in [6.07, 6.45) is 0.380. The van der Waals surface area contributed by atoms with Crippen LogP contribution in [0.2, 0.25) is 0 Å². The zero-order valence-corrected chi connectivity index (χ0v) is 28.8. The molecule has 1 atom stereocenters. The van der Waals surface area contributed by atoms with Crippen molar-refractivity contribution in [1.29, 1.82) is 0 Å². The molecule has 8 heteroatoms. The number of aromatic nitrogens is 2. The first-order valence-electron chi connectivity index (χ1n) is 16.8. The van der Waals surface area contributed by atoms with Gasteiger partial charge in [-0.1, -0.05) is 54.6 Å². The van der Waals surface area contributed by atoms with Gasteiger partial charge in [-0.25, -0.2) is 0 Å². The molecule has 1 unspecified atom stereocenters. The highest BCUT2D eigenvalue weighted by atomic mass is 16.7. The lowest BCUT2D eigenvalue weighted by Gasteiger charge is -2.26. The van der Waals surface area contributed by atoms with E-state index in [2.05, 4.69) is 57.4 Å². The van der Waals surface area contributed by atoms with Gasteiger partial charge in [0.2, 0.25) is 0 Å². The standard InChI is InChI=1S/C42H38N4O4/c1-6-44-37-21-19-29(36(43-5)23-26(2)46(27(3)47)50-28(4)48)24-34(37)35-25-30(20-22-38(35)44)42(49)33-15-9-12-18-41(33)45-39-16-10-7-13-31(39)32-14-8-11-17-40(32)45/h7-22,24-26H,6,23H2,1-5H3. The zero-order valence-electron chi connectivity index (χ0n) is 28.8. The van der Waals surface area contributed by atoms with Crippen LogP contribution >= 0.6 is 0 Å². The van der Waals surface area contributed by atoms with E-state index in [1.54, 1.807) is 7.05 Å². The van der Waals surface area contributed by atoms with Crippen molar-refractivity contribution in [2.24, 2.45) is 4.99 Å². The third-order valence-corrected chi connectivity index (χ3v) is 9.44. The van der Waals surface area contributed by atoms with E-state index in [1.807, 2.05) is 79.7 Å². The van der Waals surface area contributed by atoms with E-state index >= 15 is 0 Å². The average Bonchev–Trinajstić information content (AvgIpc) is 3.64. The number of fused-ring (bicyclic) bond motifs is 6. The molecule has 0 aliphatic carbocycles. The van der Waals surface area contributed by atoms with Gasteiger partial charge in [-0.15, -0.1) is 0 Å². The smallest absolute Gasteiger partial charge is 0.329 e. The summed E-state index contributed by atoms with van der Waals surface area (Å²) in [7, 11) is 1.72. The molecule has 0 fully saturated rings. The summed E-state index contributed by atoms with van der Waals surface area (Å²) in [4.78, 5) is 48.2. The number of hydroxylamine groups is 2. The van der Waals surface area contributed by atoms with Gasteiger partial charge < -0.3 is 14.0 Å². The molecule has 0 radical (unpaired) electrons. The third kappa shape index (κ3) is 5.52. The highest BCUT2D eigenvalue weighted by Gasteiger charge is 2.24. The largest absolute Gasteiger partial charge is 0.341 e. The number of hydrogen-bond donors (Lipinski definition) is 0. The molecule has 2 heterocycles. The minimum Gasteiger partial charge on any atom is -0.341 e. The van der Waals surface area contributed by atoms with E-state index < -0.39 is 12.0 Å². The summed E-state index contributed by atoms with van der Waals surface area (Å²) in [6.45, 7) is 7.34. The molecule has 7 aromatic rings. The van der Waals surface area contributed by atoms with Crippen LogP contribution in [0.1, 0.15) is 55.6 Å². The Kier molecular flexibility index (Phi) is 8.53. The molecule has 0 saturated carbocycles. The number of para-hydroxylation sites is 3. The Morgan fingerprint density at radius 3 is 1.86 bits per heavy atom. The van der Waals surface area contributed by atoms with Gasteiger partial charge in [-0.3, -0.25) is 19.4 Å². The average molecular weight is 663 g/mol. The van der Waals surface area contributed by atoms with Crippen molar-refractivity contribution in [3.63, 3.8) is 0 Å². The van der Waals surface area contributed by atoms with Crippen LogP contribution in [-0.2, 0) is 21.0 Å². The molecule has 1 amide bonds. The van der Waals surface area contributed by atoms with E-state index in [0.717, 1.165) is 72.2 Å². The molecule has 0 spiro atoms. The van der Waals surface area contributed by atoms with Crippen LogP contribution in [0.4, 0.5) is 0 Å². The molecule has 50 heavy (non-hydrogen) atoms. The van der Waals surface area contributed by atoms with Crippen molar-refractivity contribution in [2.75, 3.05) is 7.05 Å². The number of aliphatic imine (C=N–C) groups is 1. The Labute approximate surface area is 290 Å². The predicted octanol–water partition coefficient (Wildman–Crippen LogP) is 8.67. The van der Waals surface area contributed by atoms with E-state index in [9.17, 15) is 14.4 Å². The molecule has 0 bridgehead atoms. The van der Waals surface area contributed by atoms with Crippen LogP contribution in [0.25, 0.3) is 49.3 Å². The highest BCUT2D eigenvalue weighted by Crippen LogP contribution is 2.35. The van der Waals surface area contributed by atoms with Crippen LogP contribution in [0.3, 0.4) is 0 Å². The number of hydrogen-bond acceptors (Lipinski definition) is 5. The summed E-state index contributed by atoms with van der Waals surface area (Å²) >= 11 is 0. The molecule has 2 aromatic heterocycles. The second kappa shape index (κ2) is 13.1. The molecule has 5 aromatic carbocycles. The van der Waals surface area contributed by atoms with Crippen LogP contribution in [0.5, 0.6) is 0 Å². The maximum absolute atomic E-state index is 14.5. The number of nitrogens with zero attached hydrogens (tertiary/aromatic N) is 4. The van der Waals surface area contributed by atoms with Gasteiger partial charge in [-0.05, 0) is 74.0 Å². The van der Waals surface area contributed by atoms with Crippen LogP contribution in [0.15, 0.2) is 114 Å². The van der Waals surface area contributed by atoms with Crippen LogP contribution < -0.4 is 0 Å². The van der Waals surface area contributed by atoms with Crippen LogP contribution in [0, 0.1) is 0 Å². The normalized spacial score (nSPS) is 12.5. The van der Waals surface area contributed by atoms with Gasteiger partial charge in [0.05, 0.1) is 22.8 Å². The quantitative estimate of drug-likeness (QED) is 0.0926. The summed E-state index contributed by atoms with van der Waals surface area (Å²) in [5.41, 5.74) is 7.89. The first-order chi connectivity index (χ1) is 24.2. The van der Waals surface area contributed by atoms with Crippen molar-refractivity contribution in [2.45, 2.75) is 46.7 Å². The van der Waals surface area contributed by atoms with Crippen molar-refractivity contribution in [1.82, 2.24) is 14.2 Å². The molecule has 7 rings (SSSR count). The van der Waals surface area contributed by atoms with E-state index in [-0.39, 0.29) is 11.7 Å². The molecule has 8 nitrogen and oxygen atoms in total. The van der Waals surface area contributed by atoms with Crippen molar-refractivity contribution < 1.29 is 19.2 Å². The van der Waals surface area contributed by atoms with Gasteiger partial charge in [-0.2, -0.15) is 5.06 Å². The molecular weight excluding hydrogens is 624 g/mol. The van der Waals surface area contributed by atoms with Crippen molar-refractivity contribution in [3.8, 4) is 5.69 Å². The Balaban J connectivity index is 1.32. The SMILES string of the molecule is CCn1c2ccc(C(=O)c3ccccc3-n3c4ccccc4c4ccccc43)cc2c2cc(C(CC(C)N(OC(C)=O)C(C)=O)=NC)ccc21. The van der Waals surface area contributed by atoms with Crippen molar-refractivity contribution >= 4 is 67.0 Å². The van der Waals surface area contributed by atoms with Gasteiger partial charge >= 0.3 is 5.97 Å². The number of ketones is 1. The van der Waals surface area contributed by atoms with E-state index in [0.29, 0.717) is 17.5 Å². The number of benzene rings is 5. The minimum atomic E-state index is -0.557. The highest BCUT2D eigenvalue weighted by molar-refractivity contribution is 6.18. The maximum atomic E-state index is 14.5. The fourth-order valence-electron chi connectivity index (χ4n) is 7.27. The third-order valence-electron chi connectivity index (χ3n) is 9.44. The van der Waals surface area contributed by atoms with Crippen LogP contribution in [-0.4, -0.2) is 50.7 Å². The second-order valence-corrected chi connectivity index (χ2v) is 12.6. The van der Waals surface area contributed by atoms with E-state index in [1.165, 1.54) is 13.8 Å². The summed E-state index contributed by atoms with van der Waals surface area (Å²) in [5, 5.41) is 5.35. The van der Waals surface area contributed by atoms with Gasteiger partial charge in [0.25, 0.3) is 5.91 Å². The molecule has 0 saturated heterocycles. The lowest BCUT2D eigenvalue weighted by molar-refractivity contribution is -0.202. The van der Waals surface area contributed by atoms with E-state index in [4.69, 9.17) is 4.84 Å². The van der Waals surface area contributed by atoms with Gasteiger partial charge in [0, 0.05) is 83.3 Å². The Morgan fingerprint density at radius 2 is 1.28 bits per heavy atom. The summed E-state index contributed by atoms with van der Waals surface area (Å²) < 4.78 is 4.44. The predicted molar refractivity (Wildman–Crippen MR) is 200 cm³/mol. The van der Waals surface area contributed by atoms with Gasteiger partial charge in [0.1, 0.15) is 0 Å². The fraction of sp³-hybridized carbons (Fsp3) is 0.190. The molecule has 250 valence electrons. The summed E-state index contributed by atoms with van der Waals surface area (Å²) in [6, 6.07) is 36.2. The molecule has 0 aliphatic heterocycles. The number of rotatable bonds is 8. The number of amides is 1. The number of aryl methyl sites for hydroxylation is 1. The van der Waals surface area contributed by atoms with Gasteiger partial charge in [0.15, 0.2) is 5.78 Å². The molecular formula is C42H38N4O4. The van der Waals surface area contributed by atoms with Crippen molar-refractivity contribution in [3.05, 3.63) is 126 Å². The summed E-state index contributed by atoms with van der Waals surface area (Å²) in [5.74, 6) is -0.974. The Morgan fingerprint density at radius 1 is 0.720 bits per heavy atom. The Bertz CT molecular complexity index is 2450. The lowest BCUT2D eigenvalue weighted by atomic mass is 9.98. The zero-order chi connectivity index (χ0) is 35.1. The maximum Gasteiger partial charge on any atom is 0.329 e. The molecule has 0 aliphatic rings. The first kappa shape index (κ1) is 32.5. The fourth-order valence-corrected chi connectivity index (χ4v) is 7.27. The first-order valence-corrected chi connectivity index (χ1v) is 16.8. The Hall–Kier alpha value is -6.02. The number of carbonyl (C=O) groups excluding carboxylic acids is 3.